The first-order chi connectivity index (χ1) is 16.3. The molecule has 0 saturated heterocycles. The number of carbonyl (C=O) groups is 1. The van der Waals surface area contributed by atoms with Crippen molar-refractivity contribution in [2.24, 2.45) is 0 Å². The number of fused-ring (bicyclic) bond motifs is 1. The topological polar surface area (TPSA) is 75.7 Å². The Morgan fingerprint density at radius 3 is 2.35 bits per heavy atom. The van der Waals surface area contributed by atoms with Gasteiger partial charge in [0.2, 0.25) is 5.91 Å². The summed E-state index contributed by atoms with van der Waals surface area (Å²) in [6, 6.07) is 24.3. The van der Waals surface area contributed by atoms with Crippen LogP contribution < -0.4 is 14.4 Å². The van der Waals surface area contributed by atoms with E-state index in [0.29, 0.717) is 10.7 Å². The summed E-state index contributed by atoms with van der Waals surface area (Å²) in [5.74, 6) is -0.230. The van der Waals surface area contributed by atoms with Crippen LogP contribution in [0.3, 0.4) is 0 Å². The molecule has 4 aromatic rings. The molecule has 0 aliphatic carbocycles. The minimum atomic E-state index is -4.11. The van der Waals surface area contributed by atoms with Gasteiger partial charge in [-0.25, -0.2) is 8.42 Å². The van der Waals surface area contributed by atoms with Gasteiger partial charge >= 0.3 is 0 Å². The van der Waals surface area contributed by atoms with Gasteiger partial charge in [-0.1, -0.05) is 59.6 Å². The van der Waals surface area contributed by atoms with E-state index >= 15 is 0 Å². The molecular formula is C26H23ClN2O4S. The molecule has 0 atom stereocenters. The molecule has 8 heteroatoms. The summed E-state index contributed by atoms with van der Waals surface area (Å²) in [5.41, 5.74) is 1.65. The van der Waals surface area contributed by atoms with Crippen LogP contribution in [0.4, 0.5) is 11.4 Å². The van der Waals surface area contributed by atoms with Crippen LogP contribution in [0.25, 0.3) is 10.8 Å². The molecule has 0 spiro atoms. The smallest absolute Gasteiger partial charge is 0.264 e. The predicted molar refractivity (Wildman–Crippen MR) is 136 cm³/mol. The van der Waals surface area contributed by atoms with Gasteiger partial charge in [-0.3, -0.25) is 9.10 Å². The number of benzene rings is 4. The van der Waals surface area contributed by atoms with Gasteiger partial charge < -0.3 is 10.1 Å². The number of hydrogen-bond acceptors (Lipinski definition) is 4. The van der Waals surface area contributed by atoms with Crippen molar-refractivity contribution in [3.8, 4) is 5.75 Å². The Morgan fingerprint density at radius 2 is 1.65 bits per heavy atom. The minimum Gasteiger partial charge on any atom is -0.495 e. The SMILES string of the molecule is COc1ccc(Cl)cc1N(CC(=O)Nc1ccc2ccccc2c1)S(=O)(=O)c1ccc(C)cc1. The van der Waals surface area contributed by atoms with Gasteiger partial charge in [-0.15, -0.1) is 0 Å². The quantitative estimate of drug-likeness (QED) is 0.360. The Balaban J connectivity index is 1.71. The van der Waals surface area contributed by atoms with Crippen LogP contribution in [-0.4, -0.2) is 28.0 Å². The Bertz CT molecular complexity index is 1450. The van der Waals surface area contributed by atoms with Gasteiger partial charge in [0, 0.05) is 10.7 Å². The molecule has 4 rings (SSSR count). The highest BCUT2D eigenvalue weighted by Gasteiger charge is 2.29. The third-order valence-electron chi connectivity index (χ3n) is 5.34. The Labute approximate surface area is 203 Å². The second-order valence-electron chi connectivity index (χ2n) is 7.75. The van der Waals surface area contributed by atoms with Gasteiger partial charge in [0.1, 0.15) is 12.3 Å². The number of amides is 1. The third-order valence-corrected chi connectivity index (χ3v) is 7.35. The number of ether oxygens (including phenoxy) is 1. The number of halogens is 1. The summed E-state index contributed by atoms with van der Waals surface area (Å²) >= 11 is 6.18. The third kappa shape index (κ3) is 5.00. The summed E-state index contributed by atoms with van der Waals surface area (Å²) in [4.78, 5) is 13.1. The van der Waals surface area contributed by atoms with Crippen molar-refractivity contribution in [1.82, 2.24) is 0 Å². The lowest BCUT2D eigenvalue weighted by Gasteiger charge is -2.26. The van der Waals surface area contributed by atoms with E-state index in [0.717, 1.165) is 20.6 Å². The van der Waals surface area contributed by atoms with Gasteiger partial charge in [0.25, 0.3) is 10.0 Å². The molecule has 0 saturated carbocycles. The zero-order valence-corrected chi connectivity index (χ0v) is 20.2. The van der Waals surface area contributed by atoms with Crippen molar-refractivity contribution < 1.29 is 17.9 Å². The molecule has 0 heterocycles. The van der Waals surface area contributed by atoms with E-state index in [1.54, 1.807) is 30.3 Å². The Hall–Kier alpha value is -3.55. The number of methoxy groups -OCH3 is 1. The molecule has 1 amide bonds. The summed E-state index contributed by atoms with van der Waals surface area (Å²) in [6.07, 6.45) is 0. The Morgan fingerprint density at radius 1 is 0.941 bits per heavy atom. The molecule has 6 nitrogen and oxygen atoms in total. The number of carbonyl (C=O) groups excluding carboxylic acids is 1. The van der Waals surface area contributed by atoms with Crippen molar-refractivity contribution in [3.63, 3.8) is 0 Å². The lowest BCUT2D eigenvalue weighted by Crippen LogP contribution is -2.38. The van der Waals surface area contributed by atoms with E-state index in [4.69, 9.17) is 16.3 Å². The molecule has 0 unspecified atom stereocenters. The molecule has 0 fully saturated rings. The number of hydrogen-bond donors (Lipinski definition) is 1. The predicted octanol–water partition coefficient (Wildman–Crippen LogP) is 5.64. The lowest BCUT2D eigenvalue weighted by molar-refractivity contribution is -0.114. The van der Waals surface area contributed by atoms with Crippen LogP contribution in [0.15, 0.2) is 89.8 Å². The molecule has 1 N–H and O–H groups in total. The average Bonchev–Trinajstić information content (AvgIpc) is 2.82. The fraction of sp³-hybridized carbons (Fsp3) is 0.115. The van der Waals surface area contributed by atoms with Crippen LogP contribution in [0.5, 0.6) is 5.75 Å². The van der Waals surface area contributed by atoms with Crippen molar-refractivity contribution in [3.05, 3.63) is 95.5 Å². The maximum atomic E-state index is 13.6. The van der Waals surface area contributed by atoms with E-state index in [1.807, 2.05) is 43.3 Å². The maximum absolute atomic E-state index is 13.6. The number of nitrogens with one attached hydrogen (secondary N) is 1. The first kappa shape index (κ1) is 23.6. The number of sulfonamides is 1. The summed E-state index contributed by atoms with van der Waals surface area (Å²) in [7, 11) is -2.68. The van der Waals surface area contributed by atoms with Crippen LogP contribution in [0.2, 0.25) is 5.02 Å². The second kappa shape index (κ2) is 9.75. The lowest BCUT2D eigenvalue weighted by atomic mass is 10.1. The zero-order valence-electron chi connectivity index (χ0n) is 18.7. The van der Waals surface area contributed by atoms with Crippen molar-refractivity contribution in [2.75, 3.05) is 23.3 Å². The molecule has 0 aromatic heterocycles. The summed E-state index contributed by atoms with van der Waals surface area (Å²) < 4.78 is 33.7. The zero-order chi connectivity index (χ0) is 24.3. The summed E-state index contributed by atoms with van der Waals surface area (Å²) in [5, 5.41) is 5.11. The van der Waals surface area contributed by atoms with Gasteiger partial charge in [0.05, 0.1) is 17.7 Å². The fourth-order valence-electron chi connectivity index (χ4n) is 3.59. The van der Waals surface area contributed by atoms with Crippen molar-refractivity contribution >= 4 is 49.7 Å². The van der Waals surface area contributed by atoms with Gasteiger partial charge in [0.15, 0.2) is 0 Å². The van der Waals surface area contributed by atoms with E-state index < -0.39 is 22.5 Å². The minimum absolute atomic E-state index is 0.0543. The molecule has 0 aliphatic heterocycles. The molecule has 0 aliphatic rings. The number of aryl methyl sites for hydroxylation is 1. The largest absolute Gasteiger partial charge is 0.495 e. The highest BCUT2D eigenvalue weighted by molar-refractivity contribution is 7.92. The van der Waals surface area contributed by atoms with Crippen molar-refractivity contribution in [2.45, 2.75) is 11.8 Å². The van der Waals surface area contributed by atoms with E-state index in [1.165, 1.54) is 25.3 Å². The van der Waals surface area contributed by atoms with E-state index in [2.05, 4.69) is 5.32 Å². The van der Waals surface area contributed by atoms with Crippen molar-refractivity contribution in [1.29, 1.82) is 0 Å². The average molecular weight is 495 g/mol. The normalized spacial score (nSPS) is 11.3. The number of anilines is 2. The van der Waals surface area contributed by atoms with Crippen LogP contribution in [-0.2, 0) is 14.8 Å². The first-order valence-electron chi connectivity index (χ1n) is 10.5. The molecule has 174 valence electrons. The van der Waals surface area contributed by atoms with Crippen LogP contribution in [0, 0.1) is 6.92 Å². The Kier molecular flexibility index (Phi) is 6.77. The van der Waals surface area contributed by atoms with Crippen LogP contribution in [0.1, 0.15) is 5.56 Å². The number of nitrogens with zero attached hydrogens (tertiary/aromatic N) is 1. The first-order valence-corrected chi connectivity index (χ1v) is 12.3. The van der Waals surface area contributed by atoms with Gasteiger partial charge in [-0.05, 0) is 60.2 Å². The second-order valence-corrected chi connectivity index (χ2v) is 10.0. The monoisotopic (exact) mass is 494 g/mol. The maximum Gasteiger partial charge on any atom is 0.264 e. The van der Waals surface area contributed by atoms with E-state index in [9.17, 15) is 13.2 Å². The molecular weight excluding hydrogens is 472 g/mol. The fourth-order valence-corrected chi connectivity index (χ4v) is 5.18. The molecule has 4 aromatic carbocycles. The van der Waals surface area contributed by atoms with Crippen LogP contribution >= 0.6 is 11.6 Å². The molecule has 0 bridgehead atoms. The standard InChI is InChI=1S/C26H23ClN2O4S/c1-18-7-12-23(13-8-18)34(31,32)29(24-16-21(27)10-14-25(24)33-2)17-26(30)28-22-11-9-19-5-3-4-6-20(19)15-22/h3-16H,17H2,1-2H3,(H,28,30). The molecule has 34 heavy (non-hydrogen) atoms. The highest BCUT2D eigenvalue weighted by Crippen LogP contribution is 2.35. The van der Waals surface area contributed by atoms with Gasteiger partial charge in [-0.2, -0.15) is 0 Å². The summed E-state index contributed by atoms with van der Waals surface area (Å²) in [6.45, 7) is 1.39. The number of rotatable bonds is 7. The highest BCUT2D eigenvalue weighted by atomic mass is 35.5. The van der Waals surface area contributed by atoms with E-state index in [-0.39, 0.29) is 16.3 Å². The molecule has 0 radical (unpaired) electrons.